The average Bonchev–Trinajstić information content (AvgIpc) is 2.38. The number of aromatic nitrogens is 1. The summed E-state index contributed by atoms with van der Waals surface area (Å²) >= 11 is 0. The van der Waals surface area contributed by atoms with Crippen molar-refractivity contribution in [2.75, 3.05) is 17.7 Å². The third-order valence-electron chi connectivity index (χ3n) is 2.43. The Morgan fingerprint density at radius 3 is 1.95 bits per heavy atom. The highest BCUT2D eigenvalue weighted by molar-refractivity contribution is 5.59. The summed E-state index contributed by atoms with van der Waals surface area (Å²) in [5.41, 5.74) is -0.524. The van der Waals surface area contributed by atoms with Crippen molar-refractivity contribution >= 4 is 17.3 Å². The van der Waals surface area contributed by atoms with Crippen molar-refractivity contribution in [1.29, 1.82) is 0 Å². The Kier molecular flexibility index (Phi) is 3.73. The Hall–Kier alpha value is -2.38. The predicted molar refractivity (Wildman–Crippen MR) is 63.3 cm³/mol. The molecular weight excluding hydrogens is 281 g/mol. The van der Waals surface area contributed by atoms with Crippen LogP contribution in [-0.4, -0.2) is 12.0 Å². The van der Waals surface area contributed by atoms with Gasteiger partial charge in [0.05, 0.1) is 5.69 Å². The lowest BCUT2D eigenvalue weighted by molar-refractivity contribution is 0.496. The van der Waals surface area contributed by atoms with Gasteiger partial charge in [0.2, 0.25) is 0 Å². The molecule has 20 heavy (non-hydrogen) atoms. The first-order valence-corrected chi connectivity index (χ1v) is 5.37. The molecule has 0 unspecified atom stereocenters. The number of hydrogen-bond donors (Lipinski definition) is 2. The van der Waals surface area contributed by atoms with Crippen molar-refractivity contribution in [3.63, 3.8) is 0 Å². The van der Waals surface area contributed by atoms with Crippen molar-refractivity contribution in [3.8, 4) is 0 Å². The molecule has 2 N–H and O–H groups in total. The molecule has 0 amide bonds. The molecule has 0 saturated heterocycles. The lowest BCUT2D eigenvalue weighted by Crippen LogP contribution is -2.05. The maximum Gasteiger partial charge on any atom is 0.169 e. The molecule has 0 atom stereocenters. The zero-order valence-corrected chi connectivity index (χ0v) is 10.1. The minimum absolute atomic E-state index is 0.281. The summed E-state index contributed by atoms with van der Waals surface area (Å²) in [6.45, 7) is 0. The van der Waals surface area contributed by atoms with Gasteiger partial charge in [-0.1, -0.05) is 0 Å². The largest absolute Gasteiger partial charge is 0.371 e. The topological polar surface area (TPSA) is 37.0 Å². The van der Waals surface area contributed by atoms with E-state index in [4.69, 9.17) is 0 Å². The van der Waals surface area contributed by atoms with E-state index in [2.05, 4.69) is 15.6 Å². The Labute approximate surface area is 110 Å². The van der Waals surface area contributed by atoms with Gasteiger partial charge in [0.15, 0.2) is 34.9 Å². The first-order chi connectivity index (χ1) is 9.42. The monoisotopic (exact) mass is 289 g/mol. The molecule has 0 saturated carbocycles. The van der Waals surface area contributed by atoms with E-state index in [1.165, 1.54) is 7.05 Å². The molecule has 0 radical (unpaired) electrons. The smallest absolute Gasteiger partial charge is 0.169 e. The molecule has 106 valence electrons. The molecule has 0 bridgehead atoms. The third-order valence-corrected chi connectivity index (χ3v) is 2.43. The van der Waals surface area contributed by atoms with E-state index in [9.17, 15) is 22.0 Å². The Balaban J connectivity index is 2.42. The van der Waals surface area contributed by atoms with E-state index in [0.717, 1.165) is 0 Å². The lowest BCUT2D eigenvalue weighted by Gasteiger charge is -2.10. The Bertz CT molecular complexity index is 660. The molecule has 3 nitrogen and oxygen atoms in total. The highest BCUT2D eigenvalue weighted by atomic mass is 19.2. The molecule has 2 rings (SSSR count). The maximum atomic E-state index is 13.5. The number of anilines is 3. The van der Waals surface area contributed by atoms with Crippen molar-refractivity contribution < 1.29 is 22.0 Å². The quantitative estimate of drug-likeness (QED) is 0.670. The zero-order valence-electron chi connectivity index (χ0n) is 10.1. The highest BCUT2D eigenvalue weighted by Gasteiger charge is 2.15. The first-order valence-electron chi connectivity index (χ1n) is 5.37. The summed E-state index contributed by atoms with van der Waals surface area (Å²) < 4.78 is 65.8. The van der Waals surface area contributed by atoms with Crippen LogP contribution in [0.5, 0.6) is 0 Å². The summed E-state index contributed by atoms with van der Waals surface area (Å²) in [5, 5.41) is 4.50. The number of benzene rings is 1. The number of rotatable bonds is 3. The van der Waals surface area contributed by atoms with Gasteiger partial charge in [-0.25, -0.2) is 26.9 Å². The van der Waals surface area contributed by atoms with Crippen molar-refractivity contribution in [1.82, 2.24) is 4.98 Å². The van der Waals surface area contributed by atoms with Gasteiger partial charge >= 0.3 is 0 Å². The number of nitrogens with zero attached hydrogens (tertiary/aromatic N) is 1. The summed E-state index contributed by atoms with van der Waals surface area (Å²) in [5.74, 6) is -6.69. The fourth-order valence-electron chi connectivity index (χ4n) is 1.48. The van der Waals surface area contributed by atoms with Crippen molar-refractivity contribution in [2.24, 2.45) is 0 Å². The van der Waals surface area contributed by atoms with Gasteiger partial charge in [0.25, 0.3) is 0 Å². The normalized spacial score (nSPS) is 10.5. The summed E-state index contributed by atoms with van der Waals surface area (Å²) in [4.78, 5) is 3.52. The molecule has 1 heterocycles. The van der Waals surface area contributed by atoms with Crippen LogP contribution in [0.1, 0.15) is 0 Å². The highest BCUT2D eigenvalue weighted by Crippen LogP contribution is 2.25. The number of hydrogen-bond acceptors (Lipinski definition) is 3. The zero-order chi connectivity index (χ0) is 14.9. The van der Waals surface area contributed by atoms with E-state index >= 15 is 0 Å². The van der Waals surface area contributed by atoms with Crippen LogP contribution in [0.4, 0.5) is 39.3 Å². The lowest BCUT2D eigenvalue weighted by atomic mass is 10.2. The molecule has 0 fully saturated rings. The molecule has 8 heteroatoms. The van der Waals surface area contributed by atoms with Crippen LogP contribution in [0, 0.1) is 29.1 Å². The minimum atomic E-state index is -1.38. The summed E-state index contributed by atoms with van der Waals surface area (Å²) in [6, 6.07) is 1.34. The second kappa shape index (κ2) is 5.32. The van der Waals surface area contributed by atoms with Gasteiger partial charge in [-0.05, 0) is 0 Å². The molecule has 0 aliphatic rings. The molecule has 1 aromatic heterocycles. The van der Waals surface area contributed by atoms with Gasteiger partial charge in [-0.15, -0.1) is 0 Å². The molecule has 2 aromatic rings. The molecule has 0 spiro atoms. The van der Waals surface area contributed by atoms with Crippen LogP contribution in [0.25, 0.3) is 0 Å². The third kappa shape index (κ3) is 2.63. The number of halogens is 5. The molecule has 0 aliphatic carbocycles. The van der Waals surface area contributed by atoms with Crippen molar-refractivity contribution in [3.05, 3.63) is 47.3 Å². The Morgan fingerprint density at radius 2 is 1.30 bits per heavy atom. The molecule has 1 aromatic carbocycles. The van der Waals surface area contributed by atoms with Gasteiger partial charge in [-0.2, -0.15) is 0 Å². The van der Waals surface area contributed by atoms with Crippen molar-refractivity contribution in [2.45, 2.75) is 0 Å². The van der Waals surface area contributed by atoms with E-state index < -0.39 is 40.6 Å². The fraction of sp³-hybridized carbons (Fsp3) is 0.0833. The number of pyridine rings is 1. The van der Waals surface area contributed by atoms with Gasteiger partial charge in [-0.3, -0.25) is 0 Å². The Morgan fingerprint density at radius 1 is 0.750 bits per heavy atom. The summed E-state index contributed by atoms with van der Waals surface area (Å²) in [6.07, 6.45) is 0. The average molecular weight is 289 g/mol. The second-order valence-electron chi connectivity index (χ2n) is 3.77. The van der Waals surface area contributed by atoms with Gasteiger partial charge in [0, 0.05) is 25.2 Å². The first kappa shape index (κ1) is 14.0. The standard InChI is InChI=1S/C12H8F5N3/c1-18-11-8(16)3-9(17)12(20-11)19-10-4-6(14)5(13)2-7(10)15/h2-4H,1H3,(H2,18,19,20). The minimum Gasteiger partial charge on any atom is -0.371 e. The fourth-order valence-corrected chi connectivity index (χ4v) is 1.48. The van der Waals surface area contributed by atoms with Crippen LogP contribution >= 0.6 is 0 Å². The van der Waals surface area contributed by atoms with Crippen LogP contribution in [0.15, 0.2) is 18.2 Å². The molecular formula is C12H8F5N3. The van der Waals surface area contributed by atoms with Gasteiger partial charge in [0.1, 0.15) is 5.82 Å². The van der Waals surface area contributed by atoms with Crippen LogP contribution in [0.3, 0.4) is 0 Å². The van der Waals surface area contributed by atoms with Gasteiger partial charge < -0.3 is 10.6 Å². The van der Waals surface area contributed by atoms with E-state index in [-0.39, 0.29) is 5.82 Å². The molecule has 0 aliphatic heterocycles. The summed E-state index contributed by atoms with van der Waals surface area (Å²) in [7, 11) is 1.35. The maximum absolute atomic E-state index is 13.5. The SMILES string of the molecule is CNc1nc(Nc2cc(F)c(F)cc2F)c(F)cc1F. The predicted octanol–water partition coefficient (Wildman–Crippen LogP) is 3.56. The second-order valence-corrected chi connectivity index (χ2v) is 3.77. The van der Waals surface area contributed by atoms with E-state index in [1.54, 1.807) is 0 Å². The van der Waals surface area contributed by atoms with E-state index in [0.29, 0.717) is 18.2 Å². The van der Waals surface area contributed by atoms with E-state index in [1.807, 2.05) is 0 Å². The van der Waals surface area contributed by atoms with Crippen LogP contribution < -0.4 is 10.6 Å². The van der Waals surface area contributed by atoms with Crippen LogP contribution in [-0.2, 0) is 0 Å². The number of nitrogens with one attached hydrogen (secondary N) is 2. The van der Waals surface area contributed by atoms with Crippen LogP contribution in [0.2, 0.25) is 0 Å².